The molecule has 22 aromatic rings. The van der Waals surface area contributed by atoms with Gasteiger partial charge in [-0.1, -0.05) is 359 Å². The first-order valence-corrected chi connectivity index (χ1v) is 47.4. The standard InChI is InChI=1S/C124H107N5/c1-9-76-124(15-7,123(13-5,14-6)106-60-39-58-96(86-43-35-49-90(77-86)122(11-3,12-4)89-47-23-18-24-48-89)118(106)129-109-63-32-26-53-98(109)101-71-74-113-115(120(101)129)102-55-28-33-64-110(102)126(113)93-69-68-83-66-67-85(83)80-93)91-50-36-44-87(78-91)95-57-38-59-105(121(8,10-2)88-45-21-17-22-46-88)117(95)128-108-62-31-25-52-97(108)100-72-75-114-116(119(100)128)103-56-29-34-65-111(103)127(114)94-70-73-112-104(81-94)99-54-27-30-61-107(99)125(112)92-51-37-42-84(79-92)82-40-19-16-20-41-82/h16-65,68-75,77-81H,9-15,66-67,76H2,1-8H3. The molecule has 5 heteroatoms. The number of aromatic nitrogens is 5. The van der Waals surface area contributed by atoms with Gasteiger partial charge in [0.1, 0.15) is 0 Å². The Balaban J connectivity index is 0.771. The topological polar surface area (TPSA) is 24.6 Å². The Bertz CT molecular complexity index is 8170. The third-order valence-corrected chi connectivity index (χ3v) is 31.3. The Labute approximate surface area is 756 Å². The molecule has 628 valence electrons. The third kappa shape index (κ3) is 11.8. The summed E-state index contributed by atoms with van der Waals surface area (Å²) in [7, 11) is 0. The van der Waals surface area contributed by atoms with E-state index in [1.807, 2.05) is 0 Å². The van der Waals surface area contributed by atoms with Gasteiger partial charge in [-0.3, -0.25) is 0 Å². The van der Waals surface area contributed by atoms with Crippen molar-refractivity contribution in [3.63, 3.8) is 0 Å². The first-order valence-electron chi connectivity index (χ1n) is 47.4. The Hall–Kier alpha value is -14.3. The van der Waals surface area contributed by atoms with E-state index in [2.05, 4.69) is 460 Å². The van der Waals surface area contributed by atoms with Crippen LogP contribution in [-0.4, -0.2) is 22.8 Å². The average Bonchev–Trinajstić information content (AvgIpc) is 1.45. The number of hydrogen-bond acceptors (Lipinski definition) is 0. The second-order valence-electron chi connectivity index (χ2n) is 36.8. The van der Waals surface area contributed by atoms with Crippen molar-refractivity contribution < 1.29 is 0 Å². The maximum Gasteiger partial charge on any atom is 0.0641 e. The molecule has 0 saturated carbocycles. The lowest BCUT2D eigenvalue weighted by Crippen LogP contribution is -2.49. The summed E-state index contributed by atoms with van der Waals surface area (Å²) in [6, 6.07) is 147. The predicted octanol–water partition coefficient (Wildman–Crippen LogP) is 33.3. The van der Waals surface area contributed by atoms with Crippen LogP contribution in [-0.2, 0) is 34.5 Å². The number of hydrogen-bond donors (Lipinski definition) is 0. The molecule has 5 nitrogen and oxygen atoms in total. The number of aryl methyl sites for hydroxylation is 2. The van der Waals surface area contributed by atoms with Crippen molar-refractivity contribution in [2.75, 3.05) is 0 Å². The van der Waals surface area contributed by atoms with E-state index in [1.165, 1.54) is 193 Å². The van der Waals surface area contributed by atoms with Crippen LogP contribution in [0.15, 0.2) is 382 Å². The van der Waals surface area contributed by atoms with Gasteiger partial charge in [0.2, 0.25) is 0 Å². The molecule has 2 unspecified atom stereocenters. The fourth-order valence-electron chi connectivity index (χ4n) is 24.7. The van der Waals surface area contributed by atoms with Crippen molar-refractivity contribution in [3.05, 3.63) is 427 Å². The quantitative estimate of drug-likeness (QED) is 0.0610. The molecule has 0 bridgehead atoms. The highest BCUT2D eigenvalue weighted by Gasteiger charge is 2.52. The second-order valence-corrected chi connectivity index (χ2v) is 36.8. The zero-order chi connectivity index (χ0) is 87.0. The van der Waals surface area contributed by atoms with Crippen molar-refractivity contribution in [3.8, 4) is 61.8 Å². The van der Waals surface area contributed by atoms with Crippen molar-refractivity contribution >= 4 is 109 Å². The van der Waals surface area contributed by atoms with Crippen LogP contribution in [0.5, 0.6) is 0 Å². The van der Waals surface area contributed by atoms with Crippen LogP contribution in [0.2, 0.25) is 0 Å². The molecular formula is C124H107N5. The lowest BCUT2D eigenvalue weighted by molar-refractivity contribution is 0.169. The fraction of sp³-hybridized carbons (Fsp3) is 0.177. The minimum Gasteiger partial charge on any atom is -0.309 e. The van der Waals surface area contributed by atoms with Crippen LogP contribution in [0.4, 0.5) is 0 Å². The molecule has 5 aromatic heterocycles. The van der Waals surface area contributed by atoms with E-state index in [0.717, 1.165) is 86.6 Å². The van der Waals surface area contributed by atoms with Crippen LogP contribution >= 0.6 is 0 Å². The fourth-order valence-corrected chi connectivity index (χ4v) is 24.7. The summed E-state index contributed by atoms with van der Waals surface area (Å²) >= 11 is 0. The van der Waals surface area contributed by atoms with E-state index in [4.69, 9.17) is 0 Å². The number of rotatable bonds is 23. The van der Waals surface area contributed by atoms with Crippen molar-refractivity contribution in [2.24, 2.45) is 0 Å². The highest BCUT2D eigenvalue weighted by atomic mass is 15.0. The molecule has 0 amide bonds. The highest BCUT2D eigenvalue weighted by Crippen LogP contribution is 2.59. The van der Waals surface area contributed by atoms with Gasteiger partial charge in [-0.2, -0.15) is 0 Å². The Morgan fingerprint density at radius 2 is 0.643 bits per heavy atom. The molecule has 0 fully saturated rings. The van der Waals surface area contributed by atoms with E-state index >= 15 is 0 Å². The van der Waals surface area contributed by atoms with E-state index < -0.39 is 16.2 Å². The average molecular weight is 1670 g/mol. The van der Waals surface area contributed by atoms with Gasteiger partial charge >= 0.3 is 0 Å². The summed E-state index contributed by atoms with van der Waals surface area (Å²) in [4.78, 5) is 0. The Morgan fingerprint density at radius 3 is 1.18 bits per heavy atom. The molecule has 0 radical (unpaired) electrons. The van der Waals surface area contributed by atoms with E-state index in [1.54, 1.807) is 0 Å². The normalized spacial score (nSPS) is 13.6. The van der Waals surface area contributed by atoms with Crippen molar-refractivity contribution in [2.45, 2.75) is 141 Å². The summed E-state index contributed by atoms with van der Waals surface area (Å²) < 4.78 is 13.1. The van der Waals surface area contributed by atoms with Crippen LogP contribution in [0.25, 0.3) is 171 Å². The summed E-state index contributed by atoms with van der Waals surface area (Å²) in [5.74, 6) is 0. The highest BCUT2D eigenvalue weighted by molar-refractivity contribution is 6.28. The molecule has 1 aliphatic carbocycles. The number of nitrogens with zero attached hydrogens (tertiary/aromatic N) is 5. The minimum absolute atomic E-state index is 0.210. The van der Waals surface area contributed by atoms with Gasteiger partial charge in [-0.15, -0.1) is 0 Å². The van der Waals surface area contributed by atoms with E-state index in [-0.39, 0.29) is 5.41 Å². The molecule has 0 N–H and O–H groups in total. The van der Waals surface area contributed by atoms with Gasteiger partial charge in [-0.05, 0) is 209 Å². The van der Waals surface area contributed by atoms with Gasteiger partial charge in [0, 0.05) is 104 Å². The zero-order valence-electron chi connectivity index (χ0n) is 75.2. The smallest absolute Gasteiger partial charge is 0.0641 e. The number of benzene rings is 17. The second kappa shape index (κ2) is 31.4. The summed E-state index contributed by atoms with van der Waals surface area (Å²) in [5.41, 5.74) is 34.6. The molecule has 0 aliphatic heterocycles. The first-order chi connectivity index (χ1) is 63.5. The van der Waals surface area contributed by atoms with E-state index in [9.17, 15) is 0 Å². The van der Waals surface area contributed by atoms with E-state index in [0.29, 0.717) is 0 Å². The molecular weight excluding hydrogens is 1560 g/mol. The third-order valence-electron chi connectivity index (χ3n) is 31.3. The molecule has 5 heterocycles. The monoisotopic (exact) mass is 1670 g/mol. The molecule has 23 rings (SSSR count). The predicted molar refractivity (Wildman–Crippen MR) is 548 cm³/mol. The summed E-state index contributed by atoms with van der Waals surface area (Å²) in [6.45, 7) is 19.7. The Kier molecular flexibility index (Phi) is 19.3. The molecule has 2 atom stereocenters. The number of para-hydroxylation sites is 7. The SMILES string of the molecule is CCCC(CC)(c1cccc(-c2cccc(C(C)(CC)c3ccccc3)c2-n2c3ccccc3c3ccc4c(c5ccccc5n4-c4ccc5c(c4)c4ccccc4n5-c4cccc(-c5ccccc5)c4)c32)c1)C(CC)(CC)c1cccc(-c2cccc(C(CC)(CC)c3ccccc3)c2)c1-n1c2ccccc2c2ccc3c(c4ccccc4n3-c3ccc4c(c3)CC4)c21. The largest absolute Gasteiger partial charge is 0.309 e. The van der Waals surface area contributed by atoms with Gasteiger partial charge in [0.15, 0.2) is 0 Å². The first kappa shape index (κ1) is 79.4. The molecule has 0 spiro atoms. The maximum absolute atomic E-state index is 2.80. The van der Waals surface area contributed by atoms with Crippen LogP contribution < -0.4 is 0 Å². The van der Waals surface area contributed by atoms with Crippen molar-refractivity contribution in [1.82, 2.24) is 22.8 Å². The van der Waals surface area contributed by atoms with Crippen LogP contribution in [0.1, 0.15) is 151 Å². The lowest BCUT2D eigenvalue weighted by Gasteiger charge is -2.52. The zero-order valence-corrected chi connectivity index (χ0v) is 75.2. The summed E-state index contributed by atoms with van der Waals surface area (Å²) in [6.07, 6.45) is 9.71. The molecule has 17 aromatic carbocycles. The van der Waals surface area contributed by atoms with Crippen LogP contribution in [0.3, 0.4) is 0 Å². The molecule has 0 saturated heterocycles. The maximum atomic E-state index is 2.80. The summed E-state index contributed by atoms with van der Waals surface area (Å²) in [5, 5.41) is 12.4. The van der Waals surface area contributed by atoms with Crippen molar-refractivity contribution in [1.29, 1.82) is 0 Å². The minimum atomic E-state index is -0.465. The lowest BCUT2D eigenvalue weighted by atomic mass is 9.51. The van der Waals surface area contributed by atoms with Gasteiger partial charge in [0.05, 0.1) is 66.5 Å². The van der Waals surface area contributed by atoms with Gasteiger partial charge < -0.3 is 22.8 Å². The van der Waals surface area contributed by atoms with Gasteiger partial charge in [0.25, 0.3) is 0 Å². The van der Waals surface area contributed by atoms with Gasteiger partial charge in [-0.25, -0.2) is 0 Å². The Morgan fingerprint density at radius 1 is 0.240 bits per heavy atom. The van der Waals surface area contributed by atoms with Crippen LogP contribution in [0, 0.1) is 0 Å². The molecule has 1 aliphatic rings. The molecule has 129 heavy (non-hydrogen) atoms. The number of fused-ring (bicyclic) bond motifs is 18.